The second kappa shape index (κ2) is 6.00. The van der Waals surface area contributed by atoms with E-state index in [1.54, 1.807) is 6.92 Å². The van der Waals surface area contributed by atoms with Crippen LogP contribution >= 0.6 is 0 Å². The van der Waals surface area contributed by atoms with Crippen LogP contribution < -0.4 is 10.1 Å². The van der Waals surface area contributed by atoms with Crippen molar-refractivity contribution in [1.82, 2.24) is 0 Å². The zero-order valence-corrected chi connectivity index (χ0v) is 10.1. The molecule has 0 fully saturated rings. The Labute approximate surface area is 104 Å². The van der Waals surface area contributed by atoms with E-state index < -0.39 is 23.6 Å². The SMILES string of the molecule is CCOc1cc(F)ccc1NC(=O)C(C)C(=O)O. The Hall–Kier alpha value is -2.11. The maximum absolute atomic E-state index is 13.0. The molecule has 1 aromatic carbocycles. The van der Waals surface area contributed by atoms with Crippen LogP contribution in [0.3, 0.4) is 0 Å². The molecule has 0 aliphatic heterocycles. The van der Waals surface area contributed by atoms with Gasteiger partial charge in [0.15, 0.2) is 0 Å². The van der Waals surface area contributed by atoms with E-state index in [4.69, 9.17) is 9.84 Å². The fraction of sp³-hybridized carbons (Fsp3) is 0.333. The summed E-state index contributed by atoms with van der Waals surface area (Å²) >= 11 is 0. The number of anilines is 1. The molecule has 5 nitrogen and oxygen atoms in total. The summed E-state index contributed by atoms with van der Waals surface area (Å²) in [4.78, 5) is 22.2. The molecule has 0 saturated heterocycles. The van der Waals surface area contributed by atoms with Crippen molar-refractivity contribution in [2.75, 3.05) is 11.9 Å². The lowest BCUT2D eigenvalue weighted by Gasteiger charge is -2.13. The number of halogens is 1. The lowest BCUT2D eigenvalue weighted by atomic mass is 10.1. The Bertz CT molecular complexity index is 461. The Morgan fingerprint density at radius 1 is 1.50 bits per heavy atom. The predicted octanol–water partition coefficient (Wildman–Crippen LogP) is 1.88. The Morgan fingerprint density at radius 2 is 2.17 bits per heavy atom. The van der Waals surface area contributed by atoms with E-state index >= 15 is 0 Å². The number of amides is 1. The molecule has 0 aliphatic rings. The number of carboxylic acid groups (broad SMARTS) is 1. The van der Waals surface area contributed by atoms with E-state index in [1.807, 2.05) is 0 Å². The summed E-state index contributed by atoms with van der Waals surface area (Å²) in [7, 11) is 0. The molecule has 18 heavy (non-hydrogen) atoms. The van der Waals surface area contributed by atoms with Gasteiger partial charge in [0.1, 0.15) is 17.5 Å². The maximum atomic E-state index is 13.0. The third-order valence-corrected chi connectivity index (χ3v) is 2.27. The molecule has 0 radical (unpaired) electrons. The van der Waals surface area contributed by atoms with Gasteiger partial charge in [-0.25, -0.2) is 4.39 Å². The smallest absolute Gasteiger partial charge is 0.315 e. The third-order valence-electron chi connectivity index (χ3n) is 2.27. The summed E-state index contributed by atoms with van der Waals surface area (Å²) < 4.78 is 18.2. The van der Waals surface area contributed by atoms with Gasteiger partial charge in [0.2, 0.25) is 5.91 Å². The fourth-order valence-corrected chi connectivity index (χ4v) is 1.23. The van der Waals surface area contributed by atoms with E-state index in [0.717, 1.165) is 12.1 Å². The first-order valence-electron chi connectivity index (χ1n) is 5.41. The molecular weight excluding hydrogens is 241 g/mol. The molecule has 1 rings (SSSR count). The molecule has 6 heteroatoms. The summed E-state index contributed by atoms with van der Waals surface area (Å²) in [6.07, 6.45) is 0. The van der Waals surface area contributed by atoms with Gasteiger partial charge in [0, 0.05) is 6.07 Å². The van der Waals surface area contributed by atoms with Crippen molar-refractivity contribution in [3.8, 4) is 5.75 Å². The first-order valence-corrected chi connectivity index (χ1v) is 5.41. The Kier molecular flexibility index (Phi) is 4.65. The molecule has 1 aromatic rings. The highest BCUT2D eigenvalue weighted by molar-refractivity contribution is 6.04. The second-order valence-corrected chi connectivity index (χ2v) is 3.62. The van der Waals surface area contributed by atoms with Crippen LogP contribution in [0, 0.1) is 11.7 Å². The highest BCUT2D eigenvalue weighted by Crippen LogP contribution is 2.25. The third kappa shape index (κ3) is 3.44. The molecule has 0 aromatic heterocycles. The van der Waals surface area contributed by atoms with Crippen molar-refractivity contribution >= 4 is 17.6 Å². The van der Waals surface area contributed by atoms with Crippen LogP contribution in [-0.4, -0.2) is 23.6 Å². The lowest BCUT2D eigenvalue weighted by Crippen LogP contribution is -2.27. The average molecular weight is 255 g/mol. The van der Waals surface area contributed by atoms with Crippen molar-refractivity contribution in [1.29, 1.82) is 0 Å². The van der Waals surface area contributed by atoms with Crippen LogP contribution in [0.5, 0.6) is 5.75 Å². The number of benzene rings is 1. The van der Waals surface area contributed by atoms with Crippen LogP contribution in [0.15, 0.2) is 18.2 Å². The van der Waals surface area contributed by atoms with Gasteiger partial charge in [-0.2, -0.15) is 0 Å². The molecule has 98 valence electrons. The van der Waals surface area contributed by atoms with Gasteiger partial charge >= 0.3 is 5.97 Å². The summed E-state index contributed by atoms with van der Waals surface area (Å²) in [5.74, 6) is -3.43. The van der Waals surface area contributed by atoms with Crippen LogP contribution in [0.1, 0.15) is 13.8 Å². The summed E-state index contributed by atoms with van der Waals surface area (Å²) in [6.45, 7) is 3.29. The molecule has 0 aliphatic carbocycles. The van der Waals surface area contributed by atoms with Crippen LogP contribution in [0.4, 0.5) is 10.1 Å². The molecular formula is C12H14FNO4. The Morgan fingerprint density at radius 3 is 2.72 bits per heavy atom. The van der Waals surface area contributed by atoms with Crippen molar-refractivity contribution in [3.05, 3.63) is 24.0 Å². The van der Waals surface area contributed by atoms with Crippen molar-refractivity contribution in [2.24, 2.45) is 5.92 Å². The topological polar surface area (TPSA) is 75.6 Å². The van der Waals surface area contributed by atoms with E-state index in [2.05, 4.69) is 5.32 Å². The van der Waals surface area contributed by atoms with Gasteiger partial charge in [-0.1, -0.05) is 0 Å². The van der Waals surface area contributed by atoms with Crippen LogP contribution in [0.25, 0.3) is 0 Å². The van der Waals surface area contributed by atoms with E-state index in [1.165, 1.54) is 13.0 Å². The monoisotopic (exact) mass is 255 g/mol. The van der Waals surface area contributed by atoms with Gasteiger partial charge < -0.3 is 15.2 Å². The van der Waals surface area contributed by atoms with Gasteiger partial charge in [-0.3, -0.25) is 9.59 Å². The van der Waals surface area contributed by atoms with E-state index in [0.29, 0.717) is 6.61 Å². The quantitative estimate of drug-likeness (QED) is 0.788. The Balaban J connectivity index is 2.90. The summed E-state index contributed by atoms with van der Waals surface area (Å²) in [5, 5.41) is 11.1. The number of hydrogen-bond acceptors (Lipinski definition) is 3. The number of rotatable bonds is 5. The standard InChI is InChI=1S/C12H14FNO4/c1-3-18-10-6-8(13)4-5-9(10)14-11(15)7(2)12(16)17/h4-7H,3H2,1-2H3,(H,14,15)(H,16,17). The summed E-state index contributed by atoms with van der Waals surface area (Å²) in [6, 6.07) is 3.61. The van der Waals surface area contributed by atoms with Crippen LogP contribution in [0.2, 0.25) is 0 Å². The molecule has 1 atom stereocenters. The number of nitrogens with one attached hydrogen (secondary N) is 1. The highest BCUT2D eigenvalue weighted by atomic mass is 19.1. The van der Waals surface area contributed by atoms with E-state index in [9.17, 15) is 14.0 Å². The largest absolute Gasteiger partial charge is 0.492 e. The minimum absolute atomic E-state index is 0.170. The number of carbonyl (C=O) groups is 2. The maximum Gasteiger partial charge on any atom is 0.315 e. The molecule has 0 bridgehead atoms. The highest BCUT2D eigenvalue weighted by Gasteiger charge is 2.21. The fourth-order valence-electron chi connectivity index (χ4n) is 1.23. The number of carbonyl (C=O) groups excluding carboxylic acids is 1. The normalized spacial score (nSPS) is 11.7. The lowest BCUT2D eigenvalue weighted by molar-refractivity contribution is -0.144. The second-order valence-electron chi connectivity index (χ2n) is 3.62. The van der Waals surface area contributed by atoms with Crippen LogP contribution in [-0.2, 0) is 9.59 Å². The average Bonchev–Trinajstić information content (AvgIpc) is 2.31. The molecule has 0 spiro atoms. The minimum atomic E-state index is -1.23. The first kappa shape index (κ1) is 14.0. The molecule has 0 saturated carbocycles. The zero-order valence-electron chi connectivity index (χ0n) is 10.1. The zero-order chi connectivity index (χ0) is 13.7. The number of aliphatic carboxylic acids is 1. The van der Waals surface area contributed by atoms with Gasteiger partial charge in [-0.15, -0.1) is 0 Å². The van der Waals surface area contributed by atoms with Crippen molar-refractivity contribution in [2.45, 2.75) is 13.8 Å². The number of ether oxygens (including phenoxy) is 1. The summed E-state index contributed by atoms with van der Waals surface area (Å²) in [5.41, 5.74) is 0.247. The minimum Gasteiger partial charge on any atom is -0.492 e. The number of carboxylic acids is 1. The molecule has 1 unspecified atom stereocenters. The van der Waals surface area contributed by atoms with Gasteiger partial charge in [0.05, 0.1) is 12.3 Å². The predicted molar refractivity (Wildman–Crippen MR) is 63.0 cm³/mol. The van der Waals surface area contributed by atoms with Gasteiger partial charge in [0.25, 0.3) is 0 Å². The van der Waals surface area contributed by atoms with Gasteiger partial charge in [-0.05, 0) is 26.0 Å². The number of hydrogen-bond donors (Lipinski definition) is 2. The molecule has 1 amide bonds. The first-order chi connectivity index (χ1) is 8.45. The molecule has 0 heterocycles. The van der Waals surface area contributed by atoms with E-state index in [-0.39, 0.29) is 11.4 Å². The van der Waals surface area contributed by atoms with Crippen molar-refractivity contribution in [3.63, 3.8) is 0 Å². The molecule has 2 N–H and O–H groups in total. The van der Waals surface area contributed by atoms with Crippen molar-refractivity contribution < 1.29 is 23.8 Å².